The number of nitrogens with two attached hydrogens (primary N) is 1. The van der Waals surface area contributed by atoms with Gasteiger partial charge < -0.3 is 15.4 Å². The van der Waals surface area contributed by atoms with Crippen molar-refractivity contribution in [3.8, 4) is 5.75 Å². The zero-order valence-electron chi connectivity index (χ0n) is 12.8. The highest BCUT2D eigenvalue weighted by Crippen LogP contribution is 2.21. The van der Waals surface area contributed by atoms with Gasteiger partial charge in [0, 0.05) is 30.8 Å². The number of nitrogens with zero attached hydrogens (tertiary/aromatic N) is 1. The highest BCUT2D eigenvalue weighted by atomic mass is 16.5. The molecule has 4 nitrogen and oxygen atoms in total. The van der Waals surface area contributed by atoms with E-state index in [1.165, 1.54) is 0 Å². The Bertz CT molecular complexity index is 513. The van der Waals surface area contributed by atoms with Crippen molar-refractivity contribution in [2.45, 2.75) is 38.8 Å². The molecule has 0 radical (unpaired) electrons. The zero-order chi connectivity index (χ0) is 15.2. The van der Waals surface area contributed by atoms with Crippen molar-refractivity contribution in [3.05, 3.63) is 35.9 Å². The van der Waals surface area contributed by atoms with Gasteiger partial charge in [0.25, 0.3) is 0 Å². The predicted octanol–water partition coefficient (Wildman–Crippen LogP) is 2.44. The van der Waals surface area contributed by atoms with Crippen LogP contribution in [0.2, 0.25) is 0 Å². The third-order valence-electron chi connectivity index (χ3n) is 3.76. The van der Waals surface area contributed by atoms with Crippen molar-refractivity contribution in [2.24, 2.45) is 5.73 Å². The highest BCUT2D eigenvalue weighted by Gasteiger charge is 2.21. The van der Waals surface area contributed by atoms with Crippen LogP contribution in [0.4, 0.5) is 0 Å². The molecule has 1 unspecified atom stereocenters. The number of benzene rings is 1. The Hall–Kier alpha value is -1.81. The molecule has 1 heterocycles. The number of hydrogen-bond donors (Lipinski definition) is 1. The van der Waals surface area contributed by atoms with Crippen molar-refractivity contribution < 1.29 is 9.53 Å². The van der Waals surface area contributed by atoms with E-state index in [-0.39, 0.29) is 18.1 Å². The maximum atomic E-state index is 12.1. The van der Waals surface area contributed by atoms with E-state index in [0.29, 0.717) is 6.54 Å². The molecular weight excluding hydrogens is 264 g/mol. The van der Waals surface area contributed by atoms with E-state index in [0.717, 1.165) is 30.7 Å². The first-order chi connectivity index (χ1) is 10.1. The van der Waals surface area contributed by atoms with Crippen molar-refractivity contribution in [1.29, 1.82) is 0 Å². The average Bonchev–Trinajstić information content (AvgIpc) is 2.92. The summed E-state index contributed by atoms with van der Waals surface area (Å²) >= 11 is 0. The van der Waals surface area contributed by atoms with Crippen molar-refractivity contribution >= 4 is 12.0 Å². The molecular formula is C17H24N2O2. The largest absolute Gasteiger partial charge is 0.490 e. The second kappa shape index (κ2) is 7.27. The number of ether oxygens (including phenoxy) is 1. The molecule has 114 valence electrons. The Morgan fingerprint density at radius 2 is 2.29 bits per heavy atom. The van der Waals surface area contributed by atoms with Crippen LogP contribution in [0.25, 0.3) is 6.08 Å². The lowest BCUT2D eigenvalue weighted by Gasteiger charge is -2.15. The average molecular weight is 288 g/mol. The summed E-state index contributed by atoms with van der Waals surface area (Å²) < 4.78 is 5.87. The van der Waals surface area contributed by atoms with E-state index >= 15 is 0 Å². The molecule has 1 aromatic rings. The molecule has 0 aromatic heterocycles. The lowest BCUT2D eigenvalue weighted by Crippen LogP contribution is -2.30. The van der Waals surface area contributed by atoms with Gasteiger partial charge in [-0.25, -0.2) is 0 Å². The van der Waals surface area contributed by atoms with Crippen LogP contribution in [0.15, 0.2) is 30.3 Å². The van der Waals surface area contributed by atoms with E-state index in [1.54, 1.807) is 11.0 Å². The fourth-order valence-electron chi connectivity index (χ4n) is 2.28. The third-order valence-corrected chi connectivity index (χ3v) is 3.76. The van der Waals surface area contributed by atoms with Crippen molar-refractivity contribution in [3.63, 3.8) is 0 Å². The minimum absolute atomic E-state index is 0.0151. The molecule has 2 rings (SSSR count). The molecule has 4 heteroatoms. The van der Waals surface area contributed by atoms with Gasteiger partial charge >= 0.3 is 0 Å². The normalized spacial score (nSPS) is 20.0. The standard InChI is InChI=1S/C17H24N2O2/c1-3-13(2)21-16-7-5-4-6-14(16)8-9-17(20)19-11-10-15(18)12-19/h4-9,13,15H,3,10-12,18H2,1-2H3/t13?,15-/m0/s1. The maximum absolute atomic E-state index is 12.1. The van der Waals surface area contributed by atoms with Crippen LogP contribution >= 0.6 is 0 Å². The second-order valence-electron chi connectivity index (χ2n) is 5.54. The molecule has 2 N–H and O–H groups in total. The van der Waals surface area contributed by atoms with E-state index in [1.807, 2.05) is 37.3 Å². The molecule has 1 aromatic carbocycles. The number of amides is 1. The fourth-order valence-corrected chi connectivity index (χ4v) is 2.28. The summed E-state index contributed by atoms with van der Waals surface area (Å²) in [4.78, 5) is 13.9. The van der Waals surface area contributed by atoms with Crippen molar-refractivity contribution in [2.75, 3.05) is 13.1 Å². The van der Waals surface area contributed by atoms with Crippen LogP contribution in [0.5, 0.6) is 5.75 Å². The van der Waals surface area contributed by atoms with Gasteiger partial charge in [-0.3, -0.25) is 4.79 Å². The number of likely N-dealkylation sites (tertiary alicyclic amines) is 1. The summed E-state index contributed by atoms with van der Waals surface area (Å²) in [7, 11) is 0. The number of carbonyl (C=O) groups is 1. The number of para-hydroxylation sites is 1. The SMILES string of the molecule is CCC(C)Oc1ccccc1C=CC(=O)N1CC[C@H](N)C1. The third kappa shape index (κ3) is 4.33. The second-order valence-corrected chi connectivity index (χ2v) is 5.54. The van der Waals surface area contributed by atoms with Gasteiger partial charge in [-0.2, -0.15) is 0 Å². The first-order valence-electron chi connectivity index (χ1n) is 7.58. The molecule has 1 amide bonds. The van der Waals surface area contributed by atoms with E-state index < -0.39 is 0 Å². The van der Waals surface area contributed by atoms with Crippen LogP contribution in [0, 0.1) is 0 Å². The summed E-state index contributed by atoms with van der Waals surface area (Å²) in [6.45, 7) is 5.52. The minimum atomic E-state index is 0.0151. The van der Waals surface area contributed by atoms with Gasteiger partial charge in [0.1, 0.15) is 5.75 Å². The smallest absolute Gasteiger partial charge is 0.246 e. The number of hydrogen-bond acceptors (Lipinski definition) is 3. The van der Waals surface area contributed by atoms with E-state index in [4.69, 9.17) is 10.5 Å². The van der Waals surface area contributed by atoms with Crippen LogP contribution < -0.4 is 10.5 Å². The van der Waals surface area contributed by atoms with Gasteiger partial charge in [0.15, 0.2) is 0 Å². The Kier molecular flexibility index (Phi) is 5.39. The Morgan fingerprint density at radius 3 is 2.95 bits per heavy atom. The molecule has 21 heavy (non-hydrogen) atoms. The molecule has 1 fully saturated rings. The lowest BCUT2D eigenvalue weighted by molar-refractivity contribution is -0.124. The molecule has 0 saturated carbocycles. The molecule has 2 atom stereocenters. The number of rotatable bonds is 5. The van der Waals surface area contributed by atoms with Crippen LogP contribution in [0.1, 0.15) is 32.3 Å². The molecule has 0 spiro atoms. The topological polar surface area (TPSA) is 55.6 Å². The Labute approximate surface area is 126 Å². The van der Waals surface area contributed by atoms with E-state index in [9.17, 15) is 4.79 Å². The van der Waals surface area contributed by atoms with Gasteiger partial charge in [-0.05, 0) is 31.9 Å². The van der Waals surface area contributed by atoms with Crippen LogP contribution in [0.3, 0.4) is 0 Å². The first kappa shape index (κ1) is 15.6. The predicted molar refractivity (Wildman–Crippen MR) is 85.0 cm³/mol. The molecule has 1 aliphatic rings. The molecule has 1 aliphatic heterocycles. The number of carbonyl (C=O) groups excluding carboxylic acids is 1. The Morgan fingerprint density at radius 1 is 1.52 bits per heavy atom. The van der Waals surface area contributed by atoms with Gasteiger partial charge in [-0.15, -0.1) is 0 Å². The van der Waals surface area contributed by atoms with E-state index in [2.05, 4.69) is 6.92 Å². The quantitative estimate of drug-likeness (QED) is 0.847. The van der Waals surface area contributed by atoms with Crippen molar-refractivity contribution in [1.82, 2.24) is 4.90 Å². The van der Waals surface area contributed by atoms with Gasteiger partial charge in [0.2, 0.25) is 5.91 Å². The van der Waals surface area contributed by atoms with Crippen LogP contribution in [-0.4, -0.2) is 36.0 Å². The lowest BCUT2D eigenvalue weighted by atomic mass is 10.1. The summed E-state index contributed by atoms with van der Waals surface area (Å²) in [5.41, 5.74) is 6.75. The molecule has 0 aliphatic carbocycles. The Balaban J connectivity index is 2.04. The summed E-state index contributed by atoms with van der Waals surface area (Å²) in [6, 6.07) is 7.89. The summed E-state index contributed by atoms with van der Waals surface area (Å²) in [5.74, 6) is 0.829. The van der Waals surface area contributed by atoms with Gasteiger partial charge in [-0.1, -0.05) is 25.1 Å². The zero-order valence-corrected chi connectivity index (χ0v) is 12.8. The summed E-state index contributed by atoms with van der Waals surface area (Å²) in [5, 5.41) is 0. The first-order valence-corrected chi connectivity index (χ1v) is 7.58. The monoisotopic (exact) mass is 288 g/mol. The molecule has 1 saturated heterocycles. The highest BCUT2D eigenvalue weighted by molar-refractivity contribution is 5.92. The molecule has 0 bridgehead atoms. The van der Waals surface area contributed by atoms with Crippen LogP contribution in [-0.2, 0) is 4.79 Å². The fraction of sp³-hybridized carbons (Fsp3) is 0.471. The van der Waals surface area contributed by atoms with Gasteiger partial charge in [0.05, 0.1) is 6.10 Å². The minimum Gasteiger partial charge on any atom is -0.490 e. The maximum Gasteiger partial charge on any atom is 0.246 e. The summed E-state index contributed by atoms with van der Waals surface area (Å²) in [6.07, 6.45) is 5.42.